The monoisotopic (exact) mass is 275 g/mol. The van der Waals surface area contributed by atoms with Crippen molar-refractivity contribution in [3.8, 4) is 0 Å². The number of hydrogen-bond acceptors (Lipinski definition) is 3. The van der Waals surface area contributed by atoms with E-state index in [9.17, 15) is 4.79 Å². The minimum atomic E-state index is -0.403. The number of carbonyl (C=O) groups excluding carboxylic acids is 1. The summed E-state index contributed by atoms with van der Waals surface area (Å²) in [6, 6.07) is 5.28. The van der Waals surface area contributed by atoms with Gasteiger partial charge in [-0.15, -0.1) is 0 Å². The molecular weight excluding hydrogens is 250 g/mol. The first kappa shape index (κ1) is 14.7. The zero-order valence-corrected chi connectivity index (χ0v) is 12.5. The molecule has 1 aliphatic heterocycles. The molecule has 1 aliphatic rings. The summed E-state index contributed by atoms with van der Waals surface area (Å²) in [4.78, 5) is 13.6. The Kier molecular flexibility index (Phi) is 4.21. The van der Waals surface area contributed by atoms with E-state index in [1.807, 2.05) is 6.07 Å². The highest BCUT2D eigenvalue weighted by atomic mass is 16.1. The molecule has 0 aliphatic carbocycles. The van der Waals surface area contributed by atoms with E-state index in [-0.39, 0.29) is 0 Å². The zero-order valence-electron chi connectivity index (χ0n) is 12.5. The number of primary amides is 1. The van der Waals surface area contributed by atoms with Crippen molar-refractivity contribution in [1.82, 2.24) is 0 Å². The van der Waals surface area contributed by atoms with Crippen LogP contribution < -0.4 is 16.4 Å². The summed E-state index contributed by atoms with van der Waals surface area (Å²) >= 11 is 0. The molecule has 4 heteroatoms. The highest BCUT2D eigenvalue weighted by Gasteiger charge is 2.31. The van der Waals surface area contributed by atoms with E-state index in [1.54, 1.807) is 12.1 Å². The standard InChI is InChI=1S/C16H25N3O/c1-3-16(4-2)7-9-19(10-8-16)14-11-12(15(18)20)5-6-13(14)17/h5-6,11H,3-4,7-10,17H2,1-2H3,(H2,18,20). The normalized spacial score (nSPS) is 18.0. The quantitative estimate of drug-likeness (QED) is 0.830. The molecule has 0 saturated carbocycles. The Morgan fingerprint density at radius 2 is 1.85 bits per heavy atom. The van der Waals surface area contributed by atoms with Crippen LogP contribution in [0.2, 0.25) is 0 Å². The number of carbonyl (C=O) groups is 1. The van der Waals surface area contributed by atoms with Crippen molar-refractivity contribution in [3.63, 3.8) is 0 Å². The fourth-order valence-corrected chi connectivity index (χ4v) is 3.15. The molecule has 0 spiro atoms. The molecular formula is C16H25N3O. The summed E-state index contributed by atoms with van der Waals surface area (Å²) < 4.78 is 0. The molecule has 1 amide bonds. The topological polar surface area (TPSA) is 72.3 Å². The molecule has 20 heavy (non-hydrogen) atoms. The Balaban J connectivity index is 2.18. The molecule has 1 aromatic carbocycles. The van der Waals surface area contributed by atoms with Crippen LogP contribution in [0.15, 0.2) is 18.2 Å². The van der Waals surface area contributed by atoms with E-state index >= 15 is 0 Å². The van der Waals surface area contributed by atoms with E-state index in [0.717, 1.165) is 24.5 Å². The molecule has 1 heterocycles. The van der Waals surface area contributed by atoms with Crippen LogP contribution in [0.3, 0.4) is 0 Å². The maximum absolute atomic E-state index is 11.3. The van der Waals surface area contributed by atoms with Gasteiger partial charge in [0.25, 0.3) is 0 Å². The summed E-state index contributed by atoms with van der Waals surface area (Å²) in [7, 11) is 0. The van der Waals surface area contributed by atoms with E-state index in [1.165, 1.54) is 25.7 Å². The molecule has 0 atom stereocenters. The van der Waals surface area contributed by atoms with Crippen LogP contribution in [-0.2, 0) is 0 Å². The van der Waals surface area contributed by atoms with Gasteiger partial charge in [0.1, 0.15) is 0 Å². The fraction of sp³-hybridized carbons (Fsp3) is 0.562. The van der Waals surface area contributed by atoms with Gasteiger partial charge < -0.3 is 16.4 Å². The predicted octanol–water partition coefficient (Wildman–Crippen LogP) is 2.77. The first-order chi connectivity index (χ1) is 9.51. The highest BCUT2D eigenvalue weighted by molar-refractivity contribution is 5.95. The summed E-state index contributed by atoms with van der Waals surface area (Å²) in [6.45, 7) is 6.55. The lowest BCUT2D eigenvalue weighted by atomic mass is 9.74. The fourth-order valence-electron chi connectivity index (χ4n) is 3.15. The third-order valence-corrected chi connectivity index (χ3v) is 4.98. The summed E-state index contributed by atoms with van der Waals surface area (Å²) in [5, 5.41) is 0. The van der Waals surface area contributed by atoms with Gasteiger partial charge in [-0.3, -0.25) is 4.79 Å². The summed E-state index contributed by atoms with van der Waals surface area (Å²) in [5.74, 6) is -0.403. The Morgan fingerprint density at radius 1 is 1.25 bits per heavy atom. The van der Waals surface area contributed by atoms with Gasteiger partial charge >= 0.3 is 0 Å². The van der Waals surface area contributed by atoms with Gasteiger partial charge in [-0.2, -0.15) is 0 Å². The molecule has 1 fully saturated rings. The van der Waals surface area contributed by atoms with E-state index in [0.29, 0.717) is 11.0 Å². The summed E-state index contributed by atoms with van der Waals surface area (Å²) in [5.41, 5.74) is 14.1. The van der Waals surface area contributed by atoms with E-state index < -0.39 is 5.91 Å². The molecule has 4 N–H and O–H groups in total. The molecule has 0 bridgehead atoms. The Bertz CT molecular complexity index is 484. The van der Waals surface area contributed by atoms with Crippen molar-refractivity contribution in [1.29, 1.82) is 0 Å². The maximum atomic E-state index is 11.3. The highest BCUT2D eigenvalue weighted by Crippen LogP contribution is 2.40. The molecule has 2 rings (SSSR count). The number of piperidine rings is 1. The number of amides is 1. The number of nitrogens with zero attached hydrogens (tertiary/aromatic N) is 1. The lowest BCUT2D eigenvalue weighted by molar-refractivity contribution is 0.100. The largest absolute Gasteiger partial charge is 0.397 e. The molecule has 4 nitrogen and oxygen atoms in total. The van der Waals surface area contributed by atoms with Crippen molar-refractivity contribution in [2.75, 3.05) is 23.7 Å². The molecule has 1 aromatic rings. The van der Waals surface area contributed by atoms with Crippen molar-refractivity contribution >= 4 is 17.3 Å². The number of benzene rings is 1. The molecule has 0 unspecified atom stereocenters. The van der Waals surface area contributed by atoms with Crippen LogP contribution >= 0.6 is 0 Å². The second-order valence-electron chi connectivity index (χ2n) is 5.83. The number of nitrogens with two attached hydrogens (primary N) is 2. The smallest absolute Gasteiger partial charge is 0.248 e. The Hall–Kier alpha value is -1.71. The maximum Gasteiger partial charge on any atom is 0.248 e. The van der Waals surface area contributed by atoms with Gasteiger partial charge in [0, 0.05) is 18.7 Å². The van der Waals surface area contributed by atoms with Gasteiger partial charge in [0.15, 0.2) is 0 Å². The van der Waals surface area contributed by atoms with Crippen molar-refractivity contribution in [2.45, 2.75) is 39.5 Å². The molecule has 110 valence electrons. The second kappa shape index (κ2) is 5.73. The van der Waals surface area contributed by atoms with Crippen molar-refractivity contribution in [2.24, 2.45) is 11.1 Å². The van der Waals surface area contributed by atoms with Crippen LogP contribution in [0.4, 0.5) is 11.4 Å². The number of hydrogen-bond donors (Lipinski definition) is 2. The predicted molar refractivity (Wildman–Crippen MR) is 83.8 cm³/mol. The van der Waals surface area contributed by atoms with Crippen molar-refractivity contribution < 1.29 is 4.79 Å². The average Bonchev–Trinajstić information content (AvgIpc) is 2.48. The molecule has 0 aromatic heterocycles. The van der Waals surface area contributed by atoms with Crippen LogP contribution in [0.5, 0.6) is 0 Å². The molecule has 0 radical (unpaired) electrons. The van der Waals surface area contributed by atoms with E-state index in [4.69, 9.17) is 11.5 Å². The average molecular weight is 275 g/mol. The Labute approximate surface area is 121 Å². The Morgan fingerprint density at radius 3 is 2.35 bits per heavy atom. The van der Waals surface area contributed by atoms with E-state index in [2.05, 4.69) is 18.7 Å². The first-order valence-corrected chi connectivity index (χ1v) is 7.45. The lowest BCUT2D eigenvalue weighted by Crippen LogP contribution is -2.40. The second-order valence-corrected chi connectivity index (χ2v) is 5.83. The third kappa shape index (κ3) is 2.74. The summed E-state index contributed by atoms with van der Waals surface area (Å²) in [6.07, 6.45) is 4.82. The minimum absolute atomic E-state index is 0.403. The third-order valence-electron chi connectivity index (χ3n) is 4.98. The van der Waals surface area contributed by atoms with Gasteiger partial charge in [-0.1, -0.05) is 26.7 Å². The number of nitrogen functional groups attached to an aromatic ring is 1. The van der Waals surface area contributed by atoms with Gasteiger partial charge in [-0.25, -0.2) is 0 Å². The van der Waals surface area contributed by atoms with Gasteiger partial charge in [-0.05, 0) is 36.5 Å². The first-order valence-electron chi connectivity index (χ1n) is 7.45. The van der Waals surface area contributed by atoms with Crippen LogP contribution in [0.25, 0.3) is 0 Å². The SMILES string of the molecule is CCC1(CC)CCN(c2cc(C(N)=O)ccc2N)CC1. The van der Waals surface area contributed by atoms with Crippen LogP contribution in [-0.4, -0.2) is 19.0 Å². The van der Waals surface area contributed by atoms with Crippen molar-refractivity contribution in [3.05, 3.63) is 23.8 Å². The zero-order chi connectivity index (χ0) is 14.8. The van der Waals surface area contributed by atoms with Crippen LogP contribution in [0, 0.1) is 5.41 Å². The number of anilines is 2. The minimum Gasteiger partial charge on any atom is -0.397 e. The van der Waals surface area contributed by atoms with Gasteiger partial charge in [0.05, 0.1) is 11.4 Å². The van der Waals surface area contributed by atoms with Gasteiger partial charge in [0.2, 0.25) is 5.91 Å². The van der Waals surface area contributed by atoms with Crippen LogP contribution in [0.1, 0.15) is 49.9 Å². The number of rotatable bonds is 4. The lowest BCUT2D eigenvalue weighted by Gasteiger charge is -2.42. The molecule has 1 saturated heterocycles.